The maximum absolute atomic E-state index is 12.3. The number of hydrogen-bond acceptors (Lipinski definition) is 5. The smallest absolute Gasteiger partial charge is 0.397 e. The highest BCUT2D eigenvalue weighted by Gasteiger charge is 2.35. The van der Waals surface area contributed by atoms with Gasteiger partial charge in [-0.1, -0.05) is 0 Å². The Kier molecular flexibility index (Phi) is 5.04. The van der Waals surface area contributed by atoms with Crippen molar-refractivity contribution in [3.8, 4) is 11.8 Å². The summed E-state index contributed by atoms with van der Waals surface area (Å²) in [6.07, 6.45) is -2.35. The maximum atomic E-state index is 12.3. The van der Waals surface area contributed by atoms with Gasteiger partial charge in [0.1, 0.15) is 12.5 Å². The number of carbonyl (C=O) groups excluding carboxylic acids is 1. The molecule has 1 aromatic heterocycles. The summed E-state index contributed by atoms with van der Waals surface area (Å²) in [5.74, 6) is -0.440. The average molecular weight is 319 g/mol. The van der Waals surface area contributed by atoms with Crippen LogP contribution in [0.25, 0.3) is 0 Å². The van der Waals surface area contributed by atoms with E-state index in [2.05, 4.69) is 9.97 Å². The van der Waals surface area contributed by atoms with E-state index in [1.165, 1.54) is 24.4 Å². The molecule has 1 amide bonds. The van der Waals surface area contributed by atoms with Gasteiger partial charge in [-0.2, -0.15) is 18.2 Å². The average Bonchev–Trinajstić information content (AvgIpc) is 2.46. The van der Waals surface area contributed by atoms with Gasteiger partial charge in [0.05, 0.1) is 26.0 Å². The lowest BCUT2D eigenvalue weighted by atomic mass is 10.1. The molecule has 1 aliphatic rings. The van der Waals surface area contributed by atoms with Crippen molar-refractivity contribution in [2.45, 2.75) is 31.5 Å². The Labute approximate surface area is 125 Å². The first-order valence-corrected chi connectivity index (χ1v) is 6.74. The van der Waals surface area contributed by atoms with Crippen LogP contribution in [0.5, 0.6) is 11.8 Å². The molecular weight excluding hydrogens is 303 g/mol. The van der Waals surface area contributed by atoms with Crippen LogP contribution in [0.3, 0.4) is 0 Å². The third-order valence-corrected chi connectivity index (χ3v) is 3.17. The monoisotopic (exact) mass is 319 g/mol. The van der Waals surface area contributed by atoms with Crippen molar-refractivity contribution in [2.75, 3.05) is 20.2 Å². The zero-order valence-electron chi connectivity index (χ0n) is 12.0. The summed E-state index contributed by atoms with van der Waals surface area (Å²) >= 11 is 0. The number of nitrogens with zero attached hydrogens (tertiary/aromatic N) is 3. The van der Waals surface area contributed by atoms with Crippen molar-refractivity contribution >= 4 is 5.91 Å². The molecule has 2 heterocycles. The Hall–Kier alpha value is -2.06. The van der Waals surface area contributed by atoms with Gasteiger partial charge in [-0.25, -0.2) is 0 Å². The van der Waals surface area contributed by atoms with Crippen molar-refractivity contribution in [1.82, 2.24) is 14.9 Å². The fourth-order valence-electron chi connectivity index (χ4n) is 2.20. The van der Waals surface area contributed by atoms with Crippen LogP contribution in [0.1, 0.15) is 19.3 Å². The summed E-state index contributed by atoms with van der Waals surface area (Å²) in [5.41, 5.74) is 0. The standard InChI is InChI=1S/C13H16F3N3O3/c1-21-10-6-17-7-11(18-10)22-9-3-2-4-19(8-9)12(20)5-13(14,15)16/h6-7,9H,2-5,8H2,1H3. The summed E-state index contributed by atoms with van der Waals surface area (Å²) in [7, 11) is 1.44. The molecule has 0 spiro atoms. The minimum Gasteiger partial charge on any atom is -0.480 e. The number of alkyl halides is 3. The van der Waals surface area contributed by atoms with Crippen molar-refractivity contribution in [3.05, 3.63) is 12.4 Å². The summed E-state index contributed by atoms with van der Waals surface area (Å²) in [6, 6.07) is 0. The molecule has 2 rings (SSSR count). The van der Waals surface area contributed by atoms with Gasteiger partial charge in [0.2, 0.25) is 17.7 Å². The molecule has 0 N–H and O–H groups in total. The molecule has 1 aliphatic heterocycles. The SMILES string of the molecule is COc1cncc(OC2CCCN(C(=O)CC(F)(F)F)C2)n1. The molecule has 122 valence electrons. The lowest BCUT2D eigenvalue weighted by Gasteiger charge is -2.32. The van der Waals surface area contributed by atoms with Crippen molar-refractivity contribution in [1.29, 1.82) is 0 Å². The van der Waals surface area contributed by atoms with E-state index in [-0.39, 0.29) is 18.3 Å². The van der Waals surface area contributed by atoms with E-state index in [4.69, 9.17) is 9.47 Å². The second kappa shape index (κ2) is 6.80. The molecule has 0 aromatic carbocycles. The fourth-order valence-corrected chi connectivity index (χ4v) is 2.20. The normalized spacial score (nSPS) is 18.9. The molecule has 22 heavy (non-hydrogen) atoms. The second-order valence-electron chi connectivity index (χ2n) is 4.91. The van der Waals surface area contributed by atoms with Crippen molar-refractivity contribution in [3.63, 3.8) is 0 Å². The predicted octanol–water partition coefficient (Wildman–Crippen LogP) is 1.81. The van der Waals surface area contributed by atoms with Gasteiger partial charge in [0.15, 0.2) is 0 Å². The first kappa shape index (κ1) is 16.3. The molecule has 1 saturated heterocycles. The topological polar surface area (TPSA) is 64.6 Å². The van der Waals surface area contributed by atoms with Crippen LogP contribution in [0.15, 0.2) is 12.4 Å². The number of piperidine rings is 1. The minimum atomic E-state index is -4.50. The first-order chi connectivity index (χ1) is 10.4. The van der Waals surface area contributed by atoms with Gasteiger partial charge >= 0.3 is 6.18 Å². The number of methoxy groups -OCH3 is 1. The highest BCUT2D eigenvalue weighted by Crippen LogP contribution is 2.23. The molecule has 1 atom stereocenters. The molecule has 0 radical (unpaired) electrons. The Bertz CT molecular complexity index is 525. The highest BCUT2D eigenvalue weighted by molar-refractivity contribution is 5.77. The first-order valence-electron chi connectivity index (χ1n) is 6.74. The quantitative estimate of drug-likeness (QED) is 0.847. The maximum Gasteiger partial charge on any atom is 0.397 e. The molecule has 0 saturated carbocycles. The third kappa shape index (κ3) is 4.74. The number of aromatic nitrogens is 2. The van der Waals surface area contributed by atoms with Crippen molar-refractivity contribution < 1.29 is 27.4 Å². The van der Waals surface area contributed by atoms with E-state index < -0.39 is 24.6 Å². The summed E-state index contributed by atoms with van der Waals surface area (Å²) in [4.78, 5) is 20.7. The van der Waals surface area contributed by atoms with Gasteiger partial charge < -0.3 is 14.4 Å². The Balaban J connectivity index is 1.94. The van der Waals surface area contributed by atoms with E-state index in [0.717, 1.165) is 0 Å². The summed E-state index contributed by atoms with van der Waals surface area (Å²) in [5, 5.41) is 0. The lowest BCUT2D eigenvalue weighted by Crippen LogP contribution is -2.45. The number of halogens is 3. The number of rotatable bonds is 4. The minimum absolute atomic E-state index is 0.105. The van der Waals surface area contributed by atoms with E-state index in [1.54, 1.807) is 0 Å². The van der Waals surface area contributed by atoms with Crippen LogP contribution in [0, 0.1) is 0 Å². The summed E-state index contributed by atoms with van der Waals surface area (Å²) < 4.78 is 47.3. The molecule has 0 bridgehead atoms. The zero-order chi connectivity index (χ0) is 16.2. The lowest BCUT2D eigenvalue weighted by molar-refractivity contribution is -0.163. The molecule has 1 aromatic rings. The largest absolute Gasteiger partial charge is 0.480 e. The number of likely N-dealkylation sites (tertiary alicyclic amines) is 1. The molecular formula is C13H16F3N3O3. The van der Waals surface area contributed by atoms with Crippen LogP contribution in [-0.4, -0.2) is 53.3 Å². The van der Waals surface area contributed by atoms with Crippen LogP contribution >= 0.6 is 0 Å². The fraction of sp³-hybridized carbons (Fsp3) is 0.615. The van der Waals surface area contributed by atoms with Crippen molar-refractivity contribution in [2.24, 2.45) is 0 Å². The molecule has 0 aliphatic carbocycles. The number of amides is 1. The van der Waals surface area contributed by atoms with Gasteiger partial charge in [-0.15, -0.1) is 0 Å². The molecule has 1 unspecified atom stereocenters. The van der Waals surface area contributed by atoms with Gasteiger partial charge in [-0.3, -0.25) is 9.78 Å². The number of carbonyl (C=O) groups is 1. The van der Waals surface area contributed by atoms with Gasteiger partial charge in [0.25, 0.3) is 0 Å². The van der Waals surface area contributed by atoms with Crippen LogP contribution in [0.4, 0.5) is 13.2 Å². The molecule has 1 fully saturated rings. The zero-order valence-corrected chi connectivity index (χ0v) is 12.0. The van der Waals surface area contributed by atoms with E-state index >= 15 is 0 Å². The highest BCUT2D eigenvalue weighted by atomic mass is 19.4. The van der Waals surface area contributed by atoms with E-state index in [0.29, 0.717) is 19.4 Å². The second-order valence-corrected chi connectivity index (χ2v) is 4.91. The van der Waals surface area contributed by atoms with E-state index in [9.17, 15) is 18.0 Å². The third-order valence-electron chi connectivity index (χ3n) is 3.17. The molecule has 6 nitrogen and oxygen atoms in total. The van der Waals surface area contributed by atoms with Crippen LogP contribution in [0.2, 0.25) is 0 Å². The Morgan fingerprint density at radius 3 is 2.82 bits per heavy atom. The number of ether oxygens (including phenoxy) is 2. The Morgan fingerprint density at radius 1 is 1.41 bits per heavy atom. The van der Waals surface area contributed by atoms with Gasteiger partial charge in [-0.05, 0) is 12.8 Å². The van der Waals surface area contributed by atoms with Crippen LogP contribution in [-0.2, 0) is 4.79 Å². The number of hydrogen-bond donors (Lipinski definition) is 0. The predicted molar refractivity (Wildman–Crippen MR) is 69.5 cm³/mol. The van der Waals surface area contributed by atoms with Crippen LogP contribution < -0.4 is 9.47 Å². The van der Waals surface area contributed by atoms with Gasteiger partial charge in [0, 0.05) is 6.54 Å². The van der Waals surface area contributed by atoms with E-state index in [1.807, 2.05) is 0 Å². The molecule has 9 heteroatoms. The summed E-state index contributed by atoms with van der Waals surface area (Å²) in [6.45, 7) is 0.409. The Morgan fingerprint density at radius 2 is 2.14 bits per heavy atom.